The van der Waals surface area contributed by atoms with Gasteiger partial charge in [0.25, 0.3) is 5.91 Å². The minimum absolute atomic E-state index is 0.0874. The van der Waals surface area contributed by atoms with E-state index in [1.165, 1.54) is 0 Å². The predicted molar refractivity (Wildman–Crippen MR) is 119 cm³/mol. The molecule has 5 heteroatoms. The van der Waals surface area contributed by atoms with Gasteiger partial charge in [-0.25, -0.2) is 0 Å². The number of hydrogen-bond acceptors (Lipinski definition) is 4. The zero-order valence-electron chi connectivity index (χ0n) is 17.4. The number of pyridine rings is 1. The normalized spacial score (nSPS) is 18.0. The summed E-state index contributed by atoms with van der Waals surface area (Å²) in [6.45, 7) is 6.41. The smallest absolute Gasteiger partial charge is 0.250 e. The summed E-state index contributed by atoms with van der Waals surface area (Å²) in [7, 11) is 0. The Kier molecular flexibility index (Phi) is 5.55. The molecule has 1 aliphatic rings. The second kappa shape index (κ2) is 8.28. The molecular formula is C25H27N3O2. The number of primary amides is 1. The lowest BCUT2D eigenvalue weighted by molar-refractivity contribution is 0.100. The Hall–Kier alpha value is -3.18. The number of aromatic nitrogens is 1. The molecule has 1 aliphatic heterocycles. The van der Waals surface area contributed by atoms with Crippen molar-refractivity contribution in [2.24, 2.45) is 11.1 Å². The van der Waals surface area contributed by atoms with E-state index < -0.39 is 5.91 Å². The van der Waals surface area contributed by atoms with Crippen LogP contribution in [0.5, 0.6) is 11.5 Å². The zero-order chi connectivity index (χ0) is 21.1. The van der Waals surface area contributed by atoms with Gasteiger partial charge in [0.15, 0.2) is 0 Å². The van der Waals surface area contributed by atoms with Gasteiger partial charge in [-0.2, -0.15) is 0 Å². The number of para-hydroxylation sites is 1. The molecule has 0 radical (unpaired) electrons. The van der Waals surface area contributed by atoms with Gasteiger partial charge in [0, 0.05) is 23.7 Å². The van der Waals surface area contributed by atoms with Crippen molar-refractivity contribution in [1.82, 2.24) is 10.3 Å². The average Bonchev–Trinajstić information content (AvgIpc) is 2.74. The fraction of sp³-hybridized carbons (Fsp3) is 0.280. The van der Waals surface area contributed by atoms with Crippen LogP contribution in [0.3, 0.4) is 0 Å². The third-order valence-corrected chi connectivity index (χ3v) is 5.78. The Labute approximate surface area is 177 Å². The second-order valence-electron chi connectivity index (χ2n) is 8.44. The summed E-state index contributed by atoms with van der Waals surface area (Å²) in [5.74, 6) is 1.34. The molecule has 0 aliphatic carbocycles. The number of amides is 1. The van der Waals surface area contributed by atoms with Gasteiger partial charge in [-0.1, -0.05) is 32.0 Å². The highest BCUT2D eigenvalue weighted by Crippen LogP contribution is 2.40. The lowest BCUT2D eigenvalue weighted by Crippen LogP contribution is -2.41. The maximum Gasteiger partial charge on any atom is 0.250 e. The number of piperidine rings is 1. The first-order chi connectivity index (χ1) is 14.4. The summed E-state index contributed by atoms with van der Waals surface area (Å²) in [5, 5.41) is 3.46. The van der Waals surface area contributed by atoms with Gasteiger partial charge in [0.1, 0.15) is 11.5 Å². The van der Waals surface area contributed by atoms with Crippen LogP contribution in [0.1, 0.15) is 42.2 Å². The van der Waals surface area contributed by atoms with Crippen LogP contribution in [-0.4, -0.2) is 24.0 Å². The Morgan fingerprint density at radius 3 is 2.40 bits per heavy atom. The quantitative estimate of drug-likeness (QED) is 0.647. The third kappa shape index (κ3) is 4.21. The van der Waals surface area contributed by atoms with Crippen LogP contribution in [0.15, 0.2) is 66.7 Å². The molecule has 3 N–H and O–H groups in total. The van der Waals surface area contributed by atoms with E-state index >= 15 is 0 Å². The first kappa shape index (κ1) is 20.1. The third-order valence-electron chi connectivity index (χ3n) is 5.78. The van der Waals surface area contributed by atoms with E-state index in [2.05, 4.69) is 19.2 Å². The average molecular weight is 402 g/mol. The zero-order valence-corrected chi connectivity index (χ0v) is 17.4. The molecule has 1 amide bonds. The summed E-state index contributed by atoms with van der Waals surface area (Å²) in [5.41, 5.74) is 8.65. The molecule has 4 rings (SSSR count). The number of benzene rings is 2. The van der Waals surface area contributed by atoms with E-state index in [0.717, 1.165) is 42.3 Å². The summed E-state index contributed by atoms with van der Waals surface area (Å²) < 4.78 is 5.87. The molecule has 2 aromatic carbocycles. The molecule has 0 bridgehead atoms. The van der Waals surface area contributed by atoms with Crippen LogP contribution in [0.4, 0.5) is 0 Å². The topological polar surface area (TPSA) is 77.2 Å². The minimum atomic E-state index is -0.474. The number of nitrogens with one attached hydrogen (secondary N) is 1. The number of nitrogens with zero attached hydrogens (tertiary/aromatic N) is 1. The number of carbonyl (C=O) groups is 1. The van der Waals surface area contributed by atoms with Crippen LogP contribution in [0.2, 0.25) is 0 Å². The van der Waals surface area contributed by atoms with Crippen molar-refractivity contribution < 1.29 is 9.53 Å². The maximum absolute atomic E-state index is 12.1. The molecule has 0 spiro atoms. The van der Waals surface area contributed by atoms with Gasteiger partial charge in [-0.05, 0) is 66.9 Å². The maximum atomic E-state index is 12.1. The fourth-order valence-electron chi connectivity index (χ4n) is 4.11. The van der Waals surface area contributed by atoms with Crippen molar-refractivity contribution in [3.63, 3.8) is 0 Å². The number of ether oxygens (including phenoxy) is 1. The number of nitrogens with two attached hydrogens (primary N) is 1. The molecule has 1 atom stereocenters. The standard InChI is InChI=1S/C25H27N3O2/c1-25(2)16-27-15-14-21(25)22-13-12-20(24(26)29)23(28-22)17-8-10-19(11-9-17)30-18-6-4-3-5-7-18/h3-13,21,27H,14-16H2,1-2H3,(H2,26,29). The molecular weight excluding hydrogens is 374 g/mol. The van der Waals surface area contributed by atoms with Gasteiger partial charge < -0.3 is 15.8 Å². The Bertz CT molecular complexity index is 1030. The molecule has 154 valence electrons. The first-order valence-corrected chi connectivity index (χ1v) is 10.3. The highest BCUT2D eigenvalue weighted by Gasteiger charge is 2.34. The fourth-order valence-corrected chi connectivity index (χ4v) is 4.11. The van der Waals surface area contributed by atoms with Crippen molar-refractivity contribution in [2.45, 2.75) is 26.2 Å². The van der Waals surface area contributed by atoms with E-state index in [9.17, 15) is 4.79 Å². The van der Waals surface area contributed by atoms with Crippen LogP contribution in [0.25, 0.3) is 11.3 Å². The molecule has 1 unspecified atom stereocenters. The SMILES string of the molecule is CC1(C)CNCCC1c1ccc(C(N)=O)c(-c2ccc(Oc3ccccc3)cc2)n1. The van der Waals surface area contributed by atoms with Gasteiger partial charge >= 0.3 is 0 Å². The number of hydrogen-bond donors (Lipinski definition) is 2. The minimum Gasteiger partial charge on any atom is -0.457 e. The highest BCUT2D eigenvalue weighted by atomic mass is 16.5. The van der Waals surface area contributed by atoms with Gasteiger partial charge in [0.05, 0.1) is 11.3 Å². The van der Waals surface area contributed by atoms with E-state index in [0.29, 0.717) is 17.2 Å². The van der Waals surface area contributed by atoms with Gasteiger partial charge in [-0.3, -0.25) is 9.78 Å². The van der Waals surface area contributed by atoms with E-state index in [4.69, 9.17) is 15.5 Å². The van der Waals surface area contributed by atoms with Crippen LogP contribution in [0, 0.1) is 5.41 Å². The summed E-state index contributed by atoms with van der Waals surface area (Å²) >= 11 is 0. The first-order valence-electron chi connectivity index (χ1n) is 10.3. The van der Waals surface area contributed by atoms with Crippen molar-refractivity contribution in [3.8, 4) is 22.8 Å². The lowest BCUT2D eigenvalue weighted by atomic mass is 9.72. The van der Waals surface area contributed by atoms with Gasteiger partial charge in [-0.15, -0.1) is 0 Å². The largest absolute Gasteiger partial charge is 0.457 e. The predicted octanol–water partition coefficient (Wildman–Crippen LogP) is 4.74. The summed E-state index contributed by atoms with van der Waals surface area (Å²) in [6, 6.07) is 21.0. The van der Waals surface area contributed by atoms with Gasteiger partial charge in [0.2, 0.25) is 0 Å². The van der Waals surface area contributed by atoms with Crippen molar-refractivity contribution in [3.05, 3.63) is 78.0 Å². The summed E-state index contributed by atoms with van der Waals surface area (Å²) in [4.78, 5) is 17.0. The molecule has 1 fully saturated rings. The molecule has 30 heavy (non-hydrogen) atoms. The Morgan fingerprint density at radius 1 is 1.03 bits per heavy atom. The number of carbonyl (C=O) groups excluding carboxylic acids is 1. The van der Waals surface area contributed by atoms with Crippen molar-refractivity contribution in [1.29, 1.82) is 0 Å². The van der Waals surface area contributed by atoms with Crippen LogP contribution < -0.4 is 15.8 Å². The van der Waals surface area contributed by atoms with E-state index in [1.807, 2.05) is 66.7 Å². The van der Waals surface area contributed by atoms with Crippen LogP contribution >= 0.6 is 0 Å². The molecule has 3 aromatic rings. The molecule has 2 heterocycles. The Balaban J connectivity index is 1.67. The Morgan fingerprint density at radius 2 is 1.73 bits per heavy atom. The van der Waals surface area contributed by atoms with Crippen molar-refractivity contribution >= 4 is 5.91 Å². The lowest BCUT2D eigenvalue weighted by Gasteiger charge is -2.39. The van der Waals surface area contributed by atoms with Crippen molar-refractivity contribution in [2.75, 3.05) is 13.1 Å². The molecule has 1 saturated heterocycles. The van der Waals surface area contributed by atoms with E-state index in [1.54, 1.807) is 0 Å². The summed E-state index contributed by atoms with van der Waals surface area (Å²) in [6.07, 6.45) is 1.01. The van der Waals surface area contributed by atoms with Crippen LogP contribution in [-0.2, 0) is 0 Å². The highest BCUT2D eigenvalue weighted by molar-refractivity contribution is 5.98. The monoisotopic (exact) mass is 401 g/mol. The number of rotatable bonds is 5. The molecule has 0 saturated carbocycles. The molecule has 1 aromatic heterocycles. The van der Waals surface area contributed by atoms with E-state index in [-0.39, 0.29) is 5.41 Å². The molecule has 5 nitrogen and oxygen atoms in total. The second-order valence-corrected chi connectivity index (χ2v) is 8.44.